The van der Waals surface area contributed by atoms with Crippen molar-refractivity contribution >= 4 is 39.7 Å². The van der Waals surface area contributed by atoms with Crippen molar-refractivity contribution in [1.29, 1.82) is 5.26 Å². The van der Waals surface area contributed by atoms with Crippen molar-refractivity contribution in [2.75, 3.05) is 10.6 Å². The van der Waals surface area contributed by atoms with Gasteiger partial charge in [0, 0.05) is 11.3 Å². The van der Waals surface area contributed by atoms with Crippen LogP contribution in [-0.4, -0.2) is 21.9 Å². The van der Waals surface area contributed by atoms with Gasteiger partial charge in [-0.1, -0.05) is 48.9 Å². The number of hydrogen-bond acceptors (Lipinski definition) is 5. The van der Waals surface area contributed by atoms with Gasteiger partial charge < -0.3 is 10.6 Å². The topological polar surface area (TPSA) is 82.7 Å². The third kappa shape index (κ3) is 4.18. The average Bonchev–Trinajstić information content (AvgIpc) is 3.28. The van der Waals surface area contributed by atoms with Gasteiger partial charge in [0.1, 0.15) is 21.9 Å². The molecule has 0 radical (unpaired) electrons. The zero-order valence-corrected chi connectivity index (χ0v) is 19.2. The van der Waals surface area contributed by atoms with Crippen LogP contribution in [0.15, 0.2) is 30.3 Å². The van der Waals surface area contributed by atoms with Crippen LogP contribution >= 0.6 is 22.9 Å². The Bertz CT molecular complexity index is 1250. The first-order valence-corrected chi connectivity index (χ1v) is 11.3. The summed E-state index contributed by atoms with van der Waals surface area (Å²) in [5, 5.41) is 19.2. The Morgan fingerprint density at radius 2 is 2.09 bits per heavy atom. The Morgan fingerprint density at radius 3 is 2.70 bits per heavy atom. The number of carbonyl (C=O) groups is 1. The number of nitrogens with zero attached hydrogens (tertiary/aromatic N) is 3. The van der Waals surface area contributed by atoms with Gasteiger partial charge in [0.25, 0.3) is 5.91 Å². The summed E-state index contributed by atoms with van der Waals surface area (Å²) in [6, 6.07) is 8.19. The highest BCUT2D eigenvalue weighted by atomic mass is 35.5. The van der Waals surface area contributed by atoms with Crippen LogP contribution in [0.5, 0.6) is 0 Å². The molecule has 172 valence electrons. The molecule has 6 nitrogen and oxygen atoms in total. The average molecular weight is 494 g/mol. The molecule has 1 aromatic carbocycles. The van der Waals surface area contributed by atoms with Crippen molar-refractivity contribution in [1.82, 2.24) is 9.78 Å². The van der Waals surface area contributed by atoms with E-state index in [1.54, 1.807) is 30.3 Å². The molecule has 0 fully saturated rings. The number of nitrogens with one attached hydrogen (secondary N) is 2. The SMILES string of the molecule is CCc1c(C)sc(NC(=O)c2nn3c(c2Cl)N[C@@H](c2ccccc2)C[C@@H]3C(F)(F)F)c1C#N. The van der Waals surface area contributed by atoms with Crippen molar-refractivity contribution in [3.05, 3.63) is 62.6 Å². The summed E-state index contributed by atoms with van der Waals surface area (Å²) < 4.78 is 42.5. The summed E-state index contributed by atoms with van der Waals surface area (Å²) in [5.74, 6) is -0.845. The number of thiophene rings is 1. The lowest BCUT2D eigenvalue weighted by Gasteiger charge is -2.33. The highest BCUT2D eigenvalue weighted by molar-refractivity contribution is 7.16. The number of anilines is 2. The molecule has 1 aliphatic heterocycles. The smallest absolute Gasteiger partial charge is 0.362 e. The van der Waals surface area contributed by atoms with E-state index in [0.29, 0.717) is 22.5 Å². The van der Waals surface area contributed by atoms with Crippen LogP contribution in [0.3, 0.4) is 0 Å². The molecular weight excluding hydrogens is 475 g/mol. The zero-order chi connectivity index (χ0) is 23.9. The molecule has 2 atom stereocenters. The Kier molecular flexibility index (Phi) is 6.12. The first-order chi connectivity index (χ1) is 15.7. The van der Waals surface area contributed by atoms with Crippen molar-refractivity contribution in [3.8, 4) is 6.07 Å². The highest BCUT2D eigenvalue weighted by Gasteiger charge is 2.47. The van der Waals surface area contributed by atoms with Gasteiger partial charge in [-0.25, -0.2) is 4.68 Å². The summed E-state index contributed by atoms with van der Waals surface area (Å²) in [4.78, 5) is 13.8. The van der Waals surface area contributed by atoms with E-state index in [-0.39, 0.29) is 23.0 Å². The highest BCUT2D eigenvalue weighted by Crippen LogP contribution is 2.46. The number of alkyl halides is 3. The van der Waals surface area contributed by atoms with E-state index in [1.807, 2.05) is 13.8 Å². The molecule has 1 amide bonds. The Morgan fingerprint density at radius 1 is 1.39 bits per heavy atom. The maximum atomic E-state index is 13.9. The van der Waals surface area contributed by atoms with Crippen LogP contribution < -0.4 is 10.6 Å². The van der Waals surface area contributed by atoms with E-state index in [1.165, 1.54) is 11.3 Å². The van der Waals surface area contributed by atoms with Crippen LogP contribution in [0.2, 0.25) is 5.02 Å². The van der Waals surface area contributed by atoms with Crippen molar-refractivity contribution in [2.24, 2.45) is 0 Å². The molecule has 33 heavy (non-hydrogen) atoms. The van der Waals surface area contributed by atoms with E-state index in [9.17, 15) is 23.2 Å². The van der Waals surface area contributed by atoms with Crippen LogP contribution in [0.4, 0.5) is 24.0 Å². The van der Waals surface area contributed by atoms with Crippen LogP contribution in [0.25, 0.3) is 0 Å². The van der Waals surface area contributed by atoms with Gasteiger partial charge in [0.15, 0.2) is 11.7 Å². The molecule has 1 aliphatic rings. The number of amides is 1. The standard InChI is InChI=1S/C22H19ClF3N5OS/c1-3-13-11(2)33-21(14(13)10-27)29-20(32)18-17(23)19-28-15(12-7-5-4-6-8-12)9-16(22(24,25)26)31(19)30-18/h4-8,15-16,28H,3,9H2,1-2H3,(H,29,32)/t15-,16-/m1/s1. The normalized spacial score (nSPS) is 17.7. The second-order valence-electron chi connectivity index (χ2n) is 7.62. The maximum Gasteiger partial charge on any atom is 0.410 e. The van der Waals surface area contributed by atoms with Crippen molar-refractivity contribution in [3.63, 3.8) is 0 Å². The van der Waals surface area contributed by atoms with Crippen LogP contribution in [0, 0.1) is 18.3 Å². The van der Waals surface area contributed by atoms with E-state index in [4.69, 9.17) is 11.6 Å². The minimum absolute atomic E-state index is 0.0682. The molecule has 0 saturated carbocycles. The molecule has 2 aromatic heterocycles. The Balaban J connectivity index is 1.72. The maximum absolute atomic E-state index is 13.9. The molecule has 0 spiro atoms. The third-order valence-corrected chi connectivity index (χ3v) is 7.03. The summed E-state index contributed by atoms with van der Waals surface area (Å²) in [6.45, 7) is 3.73. The predicted octanol–water partition coefficient (Wildman–Crippen LogP) is 6.25. The van der Waals surface area contributed by atoms with Gasteiger partial charge in [-0.15, -0.1) is 11.3 Å². The number of fused-ring (bicyclic) bond motifs is 1. The number of benzene rings is 1. The summed E-state index contributed by atoms with van der Waals surface area (Å²) in [5.41, 5.74) is 1.48. The zero-order valence-electron chi connectivity index (χ0n) is 17.6. The summed E-state index contributed by atoms with van der Waals surface area (Å²) >= 11 is 7.60. The lowest BCUT2D eigenvalue weighted by molar-refractivity contribution is -0.173. The molecule has 11 heteroatoms. The van der Waals surface area contributed by atoms with Gasteiger partial charge in [0.2, 0.25) is 0 Å². The Hall–Kier alpha value is -3.03. The molecular formula is C22H19ClF3N5OS. The molecule has 0 aliphatic carbocycles. The monoisotopic (exact) mass is 493 g/mol. The quantitative estimate of drug-likeness (QED) is 0.450. The molecule has 0 saturated heterocycles. The fourth-order valence-electron chi connectivity index (χ4n) is 4.01. The van der Waals surface area contributed by atoms with Gasteiger partial charge in [-0.2, -0.15) is 23.5 Å². The molecule has 3 heterocycles. The van der Waals surface area contributed by atoms with Gasteiger partial charge in [0.05, 0.1) is 11.6 Å². The van der Waals surface area contributed by atoms with Crippen LogP contribution in [-0.2, 0) is 6.42 Å². The number of hydrogen-bond donors (Lipinski definition) is 2. The third-order valence-electron chi connectivity index (χ3n) is 5.61. The lowest BCUT2D eigenvalue weighted by atomic mass is 9.97. The number of nitriles is 1. The van der Waals surface area contributed by atoms with Crippen molar-refractivity contribution in [2.45, 2.75) is 44.9 Å². The lowest BCUT2D eigenvalue weighted by Crippen LogP contribution is -2.35. The van der Waals surface area contributed by atoms with E-state index < -0.39 is 24.2 Å². The molecule has 0 unspecified atom stereocenters. The molecule has 4 rings (SSSR count). The predicted molar refractivity (Wildman–Crippen MR) is 121 cm³/mol. The van der Waals surface area contributed by atoms with E-state index in [0.717, 1.165) is 15.1 Å². The summed E-state index contributed by atoms with van der Waals surface area (Å²) in [6.07, 6.45) is -4.29. The molecule has 0 bridgehead atoms. The minimum atomic E-state index is -4.60. The largest absolute Gasteiger partial charge is 0.410 e. The first-order valence-electron chi connectivity index (χ1n) is 10.2. The van der Waals surface area contributed by atoms with Crippen molar-refractivity contribution < 1.29 is 18.0 Å². The number of halogens is 4. The summed E-state index contributed by atoms with van der Waals surface area (Å²) in [7, 11) is 0. The number of carbonyl (C=O) groups excluding carboxylic acids is 1. The minimum Gasteiger partial charge on any atom is -0.362 e. The molecule has 3 aromatic rings. The fourth-order valence-corrected chi connectivity index (χ4v) is 5.37. The Labute approximate surface area is 197 Å². The second kappa shape index (κ2) is 8.72. The number of aromatic nitrogens is 2. The molecule has 2 N–H and O–H groups in total. The van der Waals surface area contributed by atoms with E-state index >= 15 is 0 Å². The second-order valence-corrected chi connectivity index (χ2v) is 9.22. The number of rotatable bonds is 4. The van der Waals surface area contributed by atoms with Gasteiger partial charge >= 0.3 is 6.18 Å². The van der Waals surface area contributed by atoms with Crippen LogP contribution in [0.1, 0.15) is 57.5 Å². The van der Waals surface area contributed by atoms with E-state index in [2.05, 4.69) is 21.8 Å². The van der Waals surface area contributed by atoms with Gasteiger partial charge in [-0.05, 0) is 24.5 Å². The fraction of sp³-hybridized carbons (Fsp3) is 0.318. The van der Waals surface area contributed by atoms with Gasteiger partial charge in [-0.3, -0.25) is 4.79 Å². The number of aryl methyl sites for hydroxylation is 1. The first kappa shape index (κ1) is 23.1.